The molecule has 0 aliphatic heterocycles. The smallest absolute Gasteiger partial charge is 0.405 e. The third kappa shape index (κ3) is 5.12. The summed E-state index contributed by atoms with van der Waals surface area (Å²) < 4.78 is 40.1. The average Bonchev–Trinajstić information content (AvgIpc) is 2.17. The Morgan fingerprint density at radius 3 is 2.59 bits per heavy atom. The maximum atomic E-state index is 12.0. The Balaban J connectivity index is 2.76. The number of hydrogen-bond donors (Lipinski definition) is 1. The number of benzene rings is 1. The molecule has 0 aliphatic carbocycles. The van der Waals surface area contributed by atoms with Crippen molar-refractivity contribution in [2.24, 2.45) is 0 Å². The second-order valence-electron chi connectivity index (χ2n) is 3.50. The normalized spacial score (nSPS) is 11.1. The third-order valence-electron chi connectivity index (χ3n) is 1.75. The summed E-state index contributed by atoms with van der Waals surface area (Å²) >= 11 is 3.02. The van der Waals surface area contributed by atoms with Gasteiger partial charge in [0.1, 0.15) is 5.75 Å². The number of hydrogen-bond acceptors (Lipinski definition) is 2. The lowest BCUT2D eigenvalue weighted by molar-refractivity contribution is -0.274. The average molecular weight is 310 g/mol. The molecule has 0 atom stereocenters. The van der Waals surface area contributed by atoms with E-state index in [1.54, 1.807) is 0 Å². The van der Waals surface area contributed by atoms with Crippen molar-refractivity contribution in [1.29, 1.82) is 0 Å². The monoisotopic (exact) mass is 309 g/mol. The Morgan fingerprint density at radius 2 is 2.12 bits per heavy atom. The molecule has 1 N–H and O–H groups in total. The van der Waals surface area contributed by atoms with Gasteiger partial charge < -0.3 is 10.1 Å². The Morgan fingerprint density at radius 1 is 1.47 bits per heavy atom. The Kier molecular flexibility index (Phi) is 4.45. The molecule has 0 unspecified atom stereocenters. The van der Waals surface area contributed by atoms with Gasteiger partial charge in [-0.3, -0.25) is 0 Å². The molecule has 1 rings (SSSR count). The summed E-state index contributed by atoms with van der Waals surface area (Å²) in [5.74, 6) is -0.265. The highest BCUT2D eigenvalue weighted by molar-refractivity contribution is 9.10. The number of ether oxygens (including phenoxy) is 1. The van der Waals surface area contributed by atoms with Crippen molar-refractivity contribution in [2.45, 2.75) is 13.3 Å². The molecule has 94 valence electrons. The second-order valence-corrected chi connectivity index (χ2v) is 4.36. The van der Waals surface area contributed by atoms with E-state index in [1.807, 2.05) is 6.92 Å². The number of rotatable bonds is 4. The van der Waals surface area contributed by atoms with Crippen LogP contribution in [0, 0.1) is 0 Å². The fraction of sp³-hybridized carbons (Fsp3) is 0.273. The fourth-order valence-electron chi connectivity index (χ4n) is 1.07. The van der Waals surface area contributed by atoms with Gasteiger partial charge in [0.05, 0.1) is 4.47 Å². The van der Waals surface area contributed by atoms with E-state index in [4.69, 9.17) is 0 Å². The van der Waals surface area contributed by atoms with E-state index in [2.05, 4.69) is 32.6 Å². The summed E-state index contributed by atoms with van der Waals surface area (Å²) in [6, 6.07) is 4.27. The van der Waals surface area contributed by atoms with Crippen LogP contribution in [0.5, 0.6) is 5.75 Å². The van der Waals surface area contributed by atoms with E-state index in [9.17, 15) is 13.2 Å². The zero-order valence-corrected chi connectivity index (χ0v) is 10.7. The Hall–Kier alpha value is -1.17. The van der Waals surface area contributed by atoms with Crippen molar-refractivity contribution in [2.75, 3.05) is 11.9 Å². The van der Waals surface area contributed by atoms with Crippen molar-refractivity contribution in [3.05, 3.63) is 34.8 Å². The van der Waals surface area contributed by atoms with Gasteiger partial charge in [-0.1, -0.05) is 12.2 Å². The largest absolute Gasteiger partial charge is 0.573 e. The molecule has 6 heteroatoms. The molecule has 0 heterocycles. The van der Waals surface area contributed by atoms with Crippen LogP contribution >= 0.6 is 15.9 Å². The second kappa shape index (κ2) is 5.44. The Labute approximate surface area is 106 Å². The maximum absolute atomic E-state index is 12.0. The molecule has 0 amide bonds. The predicted octanol–water partition coefficient (Wildman–Crippen LogP) is 4.34. The molecule has 0 fully saturated rings. The van der Waals surface area contributed by atoms with Crippen molar-refractivity contribution >= 4 is 21.6 Å². The van der Waals surface area contributed by atoms with Crippen LogP contribution in [0.15, 0.2) is 34.8 Å². The molecular formula is C11H11BrF3NO. The summed E-state index contributed by atoms with van der Waals surface area (Å²) in [7, 11) is 0. The molecule has 0 saturated carbocycles. The van der Waals surface area contributed by atoms with Crippen molar-refractivity contribution in [3.63, 3.8) is 0 Å². The van der Waals surface area contributed by atoms with Crippen molar-refractivity contribution in [3.8, 4) is 5.75 Å². The quantitative estimate of drug-likeness (QED) is 0.836. The molecule has 0 aliphatic rings. The summed E-state index contributed by atoms with van der Waals surface area (Å²) in [6.07, 6.45) is -4.69. The number of alkyl halides is 3. The summed E-state index contributed by atoms with van der Waals surface area (Å²) in [6.45, 7) is 6.12. The van der Waals surface area contributed by atoms with Crippen LogP contribution < -0.4 is 10.1 Å². The van der Waals surface area contributed by atoms with E-state index in [0.717, 1.165) is 5.57 Å². The van der Waals surface area contributed by atoms with E-state index < -0.39 is 6.36 Å². The number of halogens is 4. The van der Waals surface area contributed by atoms with Crippen LogP contribution in [-0.4, -0.2) is 12.9 Å². The van der Waals surface area contributed by atoms with Gasteiger partial charge in [0, 0.05) is 12.2 Å². The molecular weight excluding hydrogens is 299 g/mol. The first-order valence-corrected chi connectivity index (χ1v) is 5.51. The number of nitrogens with one attached hydrogen (secondary N) is 1. The first-order chi connectivity index (χ1) is 7.78. The molecule has 0 saturated heterocycles. The highest BCUT2D eigenvalue weighted by Crippen LogP contribution is 2.32. The van der Waals surface area contributed by atoms with E-state index in [1.165, 1.54) is 18.2 Å². The minimum atomic E-state index is -4.69. The molecule has 2 nitrogen and oxygen atoms in total. The first kappa shape index (κ1) is 13.9. The van der Waals surface area contributed by atoms with Crippen LogP contribution in [0.1, 0.15) is 6.92 Å². The summed E-state index contributed by atoms with van der Waals surface area (Å²) in [4.78, 5) is 0. The Bertz CT molecular complexity index is 418. The van der Waals surface area contributed by atoms with Gasteiger partial charge >= 0.3 is 6.36 Å². The molecule has 0 radical (unpaired) electrons. The molecule has 0 aromatic heterocycles. The lowest BCUT2D eigenvalue weighted by Gasteiger charge is -2.12. The highest BCUT2D eigenvalue weighted by Gasteiger charge is 2.31. The van der Waals surface area contributed by atoms with Gasteiger partial charge in [0.2, 0.25) is 0 Å². The first-order valence-electron chi connectivity index (χ1n) is 4.71. The van der Waals surface area contributed by atoms with Crippen molar-refractivity contribution in [1.82, 2.24) is 0 Å². The molecule has 17 heavy (non-hydrogen) atoms. The van der Waals surface area contributed by atoms with Crippen LogP contribution in [0.4, 0.5) is 18.9 Å². The van der Waals surface area contributed by atoms with Crippen LogP contribution in [0.25, 0.3) is 0 Å². The summed E-state index contributed by atoms with van der Waals surface area (Å²) in [5, 5.41) is 3.01. The van der Waals surface area contributed by atoms with Gasteiger partial charge in [0.15, 0.2) is 0 Å². The zero-order valence-electron chi connectivity index (χ0n) is 9.07. The van der Waals surface area contributed by atoms with Crippen LogP contribution in [0.3, 0.4) is 0 Å². The van der Waals surface area contributed by atoms with E-state index in [0.29, 0.717) is 12.2 Å². The predicted molar refractivity (Wildman–Crippen MR) is 64.1 cm³/mol. The summed E-state index contributed by atoms with van der Waals surface area (Å²) in [5.41, 5.74) is 1.62. The van der Waals surface area contributed by atoms with Gasteiger partial charge in [-0.15, -0.1) is 13.2 Å². The van der Waals surface area contributed by atoms with Gasteiger partial charge in [0.25, 0.3) is 0 Å². The van der Waals surface area contributed by atoms with Crippen molar-refractivity contribution < 1.29 is 17.9 Å². The third-order valence-corrected chi connectivity index (χ3v) is 2.37. The maximum Gasteiger partial charge on any atom is 0.573 e. The molecule has 0 spiro atoms. The lowest BCUT2D eigenvalue weighted by atomic mass is 10.3. The van der Waals surface area contributed by atoms with E-state index >= 15 is 0 Å². The van der Waals surface area contributed by atoms with Crippen LogP contribution in [0.2, 0.25) is 0 Å². The molecule has 1 aromatic rings. The molecule has 1 aromatic carbocycles. The minimum absolute atomic E-state index is 0.238. The SMILES string of the molecule is C=C(C)CNc1ccc(OC(F)(F)F)c(Br)c1. The fourth-order valence-corrected chi connectivity index (χ4v) is 1.53. The lowest BCUT2D eigenvalue weighted by Crippen LogP contribution is -2.17. The minimum Gasteiger partial charge on any atom is -0.405 e. The topological polar surface area (TPSA) is 21.3 Å². The number of anilines is 1. The molecule has 0 bridgehead atoms. The zero-order chi connectivity index (χ0) is 13.1. The van der Waals surface area contributed by atoms with Gasteiger partial charge in [-0.25, -0.2) is 0 Å². The van der Waals surface area contributed by atoms with Gasteiger partial charge in [-0.05, 0) is 41.1 Å². The highest BCUT2D eigenvalue weighted by atomic mass is 79.9. The van der Waals surface area contributed by atoms with Gasteiger partial charge in [-0.2, -0.15) is 0 Å². The standard InChI is InChI=1S/C11H11BrF3NO/c1-7(2)6-16-8-3-4-10(9(12)5-8)17-11(13,14)15/h3-5,16H,1,6H2,2H3. The van der Waals surface area contributed by atoms with E-state index in [-0.39, 0.29) is 10.2 Å². The van der Waals surface area contributed by atoms with Crippen LogP contribution in [-0.2, 0) is 0 Å².